The van der Waals surface area contributed by atoms with E-state index in [4.69, 9.17) is 4.84 Å². The molecule has 0 bridgehead atoms. The number of nitrogens with zero attached hydrogens (tertiary/aromatic N) is 5. The largest absolute Gasteiger partial charge is 0.348 e. The monoisotopic (exact) mass is 466 g/mol. The minimum absolute atomic E-state index is 0.0649. The Labute approximate surface area is 192 Å². The van der Waals surface area contributed by atoms with Crippen molar-refractivity contribution in [3.8, 4) is 0 Å². The molecule has 34 heavy (non-hydrogen) atoms. The topological polar surface area (TPSA) is 102 Å². The highest BCUT2D eigenvalue weighted by Gasteiger charge is 2.15. The van der Waals surface area contributed by atoms with Gasteiger partial charge in [0, 0.05) is 25.2 Å². The number of anilines is 1. The van der Waals surface area contributed by atoms with Crippen LogP contribution in [0.25, 0.3) is 10.9 Å². The summed E-state index contributed by atoms with van der Waals surface area (Å²) in [4.78, 5) is 43.1. The lowest BCUT2D eigenvalue weighted by Gasteiger charge is -2.16. The molecule has 4 rings (SSSR count). The zero-order valence-corrected chi connectivity index (χ0v) is 18.3. The molecule has 0 radical (unpaired) electrons. The molecule has 9 nitrogen and oxygen atoms in total. The maximum absolute atomic E-state index is 13.5. The summed E-state index contributed by atoms with van der Waals surface area (Å²) in [6, 6.07) is 8.75. The highest BCUT2D eigenvalue weighted by atomic mass is 19.2. The van der Waals surface area contributed by atoms with Gasteiger partial charge in [-0.1, -0.05) is 12.1 Å². The van der Waals surface area contributed by atoms with Crippen LogP contribution in [0, 0.1) is 11.6 Å². The SMILES string of the molecule is CON(C)c1ncnc2ccc(CNC(=O)c3cncn(Cc4ccc(F)c(F)c4)c3=O)cc12. The van der Waals surface area contributed by atoms with Gasteiger partial charge in [0.2, 0.25) is 0 Å². The molecule has 1 N–H and O–H groups in total. The Hall–Kier alpha value is -4.25. The van der Waals surface area contributed by atoms with Crippen molar-refractivity contribution in [2.24, 2.45) is 0 Å². The average Bonchev–Trinajstić information content (AvgIpc) is 2.85. The molecule has 2 aromatic heterocycles. The molecular formula is C23H20F2N6O3. The summed E-state index contributed by atoms with van der Waals surface area (Å²) in [5.41, 5.74) is 1.04. The molecule has 0 aliphatic rings. The highest BCUT2D eigenvalue weighted by molar-refractivity contribution is 5.93. The molecule has 1 amide bonds. The van der Waals surface area contributed by atoms with Crippen LogP contribution in [0.1, 0.15) is 21.5 Å². The lowest BCUT2D eigenvalue weighted by Crippen LogP contribution is -2.33. The van der Waals surface area contributed by atoms with Crippen molar-refractivity contribution in [3.63, 3.8) is 0 Å². The first-order chi connectivity index (χ1) is 16.4. The second kappa shape index (κ2) is 9.71. The third kappa shape index (κ3) is 4.74. The quantitative estimate of drug-likeness (QED) is 0.418. The number of nitrogens with one attached hydrogen (secondary N) is 1. The first-order valence-corrected chi connectivity index (χ1v) is 10.2. The van der Waals surface area contributed by atoms with Gasteiger partial charge in [0.25, 0.3) is 11.5 Å². The molecule has 0 saturated heterocycles. The standard InChI is InChI=1S/C23H20F2N6O3/c1-30(34-2)21-16-7-14(4-6-20(16)28-12-29-21)9-27-22(32)17-10-26-13-31(23(17)33)11-15-3-5-18(24)19(25)8-15/h3-8,10,12-13H,9,11H2,1-2H3,(H,27,32). The summed E-state index contributed by atoms with van der Waals surface area (Å²) in [6.07, 6.45) is 3.83. The van der Waals surface area contributed by atoms with Gasteiger partial charge in [-0.15, -0.1) is 0 Å². The number of hydrogen-bond donors (Lipinski definition) is 1. The van der Waals surface area contributed by atoms with Gasteiger partial charge < -0.3 is 5.32 Å². The number of halogens is 2. The Morgan fingerprint density at radius 3 is 2.68 bits per heavy atom. The van der Waals surface area contributed by atoms with E-state index < -0.39 is 23.1 Å². The van der Waals surface area contributed by atoms with Crippen molar-refractivity contribution < 1.29 is 18.4 Å². The first-order valence-electron chi connectivity index (χ1n) is 10.2. The zero-order valence-electron chi connectivity index (χ0n) is 18.3. The second-order valence-corrected chi connectivity index (χ2v) is 7.40. The number of amides is 1. The molecular weight excluding hydrogens is 446 g/mol. The zero-order chi connectivity index (χ0) is 24.2. The third-order valence-corrected chi connectivity index (χ3v) is 5.19. The van der Waals surface area contributed by atoms with Crippen LogP contribution in [0.3, 0.4) is 0 Å². The van der Waals surface area contributed by atoms with Crippen molar-refractivity contribution in [1.82, 2.24) is 24.8 Å². The molecule has 0 aliphatic carbocycles. The number of rotatable bonds is 7. The maximum atomic E-state index is 13.5. The fourth-order valence-electron chi connectivity index (χ4n) is 3.37. The van der Waals surface area contributed by atoms with Crippen LogP contribution in [-0.2, 0) is 17.9 Å². The van der Waals surface area contributed by atoms with Crippen LogP contribution in [0.4, 0.5) is 14.6 Å². The molecule has 0 aliphatic heterocycles. The van der Waals surface area contributed by atoms with E-state index in [0.29, 0.717) is 16.9 Å². The lowest BCUT2D eigenvalue weighted by molar-refractivity contribution is 0.0948. The Bertz CT molecular complexity index is 1430. The van der Waals surface area contributed by atoms with Gasteiger partial charge in [0.15, 0.2) is 17.5 Å². The van der Waals surface area contributed by atoms with E-state index in [-0.39, 0.29) is 18.7 Å². The first kappa shape index (κ1) is 22.9. The number of hydrogen-bond acceptors (Lipinski definition) is 7. The molecule has 2 aromatic carbocycles. The van der Waals surface area contributed by atoms with Gasteiger partial charge >= 0.3 is 0 Å². The average molecular weight is 466 g/mol. The van der Waals surface area contributed by atoms with Crippen molar-refractivity contribution in [2.45, 2.75) is 13.1 Å². The van der Waals surface area contributed by atoms with E-state index >= 15 is 0 Å². The third-order valence-electron chi connectivity index (χ3n) is 5.19. The molecule has 2 heterocycles. The van der Waals surface area contributed by atoms with Gasteiger partial charge in [-0.05, 0) is 35.4 Å². The van der Waals surface area contributed by atoms with Gasteiger partial charge in [0.05, 0.1) is 25.5 Å². The Morgan fingerprint density at radius 1 is 1.12 bits per heavy atom. The Morgan fingerprint density at radius 2 is 1.91 bits per heavy atom. The number of benzene rings is 2. The van der Waals surface area contributed by atoms with E-state index in [2.05, 4.69) is 20.3 Å². The second-order valence-electron chi connectivity index (χ2n) is 7.40. The molecule has 0 saturated carbocycles. The van der Waals surface area contributed by atoms with Crippen LogP contribution in [-0.4, -0.2) is 39.6 Å². The van der Waals surface area contributed by atoms with Crippen molar-refractivity contribution in [1.29, 1.82) is 0 Å². The lowest BCUT2D eigenvalue weighted by atomic mass is 10.1. The normalized spacial score (nSPS) is 10.9. The fraction of sp³-hybridized carbons (Fsp3) is 0.174. The van der Waals surface area contributed by atoms with Crippen LogP contribution in [0.5, 0.6) is 0 Å². The van der Waals surface area contributed by atoms with Crippen LogP contribution in [0.2, 0.25) is 0 Å². The number of hydroxylamine groups is 1. The van der Waals surface area contributed by atoms with Gasteiger partial charge in [-0.3, -0.25) is 19.0 Å². The summed E-state index contributed by atoms with van der Waals surface area (Å²) >= 11 is 0. The molecule has 11 heteroatoms. The molecule has 174 valence electrons. The van der Waals surface area contributed by atoms with Crippen molar-refractivity contribution in [2.75, 3.05) is 19.2 Å². The number of aromatic nitrogens is 4. The highest BCUT2D eigenvalue weighted by Crippen LogP contribution is 2.23. The summed E-state index contributed by atoms with van der Waals surface area (Å²) < 4.78 is 27.8. The summed E-state index contributed by atoms with van der Waals surface area (Å²) in [5.74, 6) is -2.06. The van der Waals surface area contributed by atoms with Crippen LogP contribution < -0.4 is 15.9 Å². The van der Waals surface area contributed by atoms with Crippen LogP contribution >= 0.6 is 0 Å². The maximum Gasteiger partial charge on any atom is 0.266 e. The van der Waals surface area contributed by atoms with E-state index in [1.165, 1.54) is 37.1 Å². The van der Waals surface area contributed by atoms with Crippen molar-refractivity contribution in [3.05, 3.63) is 93.9 Å². The van der Waals surface area contributed by atoms with E-state index in [1.807, 2.05) is 6.07 Å². The number of carbonyl (C=O) groups excluding carboxylic acids is 1. The minimum Gasteiger partial charge on any atom is -0.348 e. The van der Waals surface area contributed by atoms with Crippen LogP contribution in [0.15, 0.2) is 60.0 Å². The summed E-state index contributed by atoms with van der Waals surface area (Å²) in [7, 11) is 3.23. The minimum atomic E-state index is -1.02. The van der Waals surface area contributed by atoms with Gasteiger partial charge in [-0.2, -0.15) is 0 Å². The van der Waals surface area contributed by atoms with E-state index in [9.17, 15) is 18.4 Å². The van der Waals surface area contributed by atoms with E-state index in [0.717, 1.165) is 27.6 Å². The predicted octanol–water partition coefficient (Wildman–Crippen LogP) is 2.44. The Kier molecular flexibility index (Phi) is 6.55. The summed E-state index contributed by atoms with van der Waals surface area (Å²) in [5, 5.41) is 4.93. The number of fused-ring (bicyclic) bond motifs is 1. The molecule has 4 aromatic rings. The van der Waals surface area contributed by atoms with E-state index in [1.54, 1.807) is 19.2 Å². The van der Waals surface area contributed by atoms with Crippen molar-refractivity contribution >= 4 is 22.6 Å². The summed E-state index contributed by atoms with van der Waals surface area (Å²) in [6.45, 7) is 0.0714. The molecule has 0 fully saturated rings. The smallest absolute Gasteiger partial charge is 0.266 e. The Balaban J connectivity index is 1.52. The molecule has 0 atom stereocenters. The number of carbonyl (C=O) groups is 1. The predicted molar refractivity (Wildman–Crippen MR) is 120 cm³/mol. The molecule has 0 spiro atoms. The van der Waals surface area contributed by atoms with Gasteiger partial charge in [0.1, 0.15) is 11.9 Å². The van der Waals surface area contributed by atoms with Gasteiger partial charge in [-0.25, -0.2) is 28.8 Å². The molecule has 0 unspecified atom stereocenters. The fourth-order valence-corrected chi connectivity index (χ4v) is 3.37.